The van der Waals surface area contributed by atoms with E-state index in [4.69, 9.17) is 10.2 Å². The van der Waals surface area contributed by atoms with E-state index in [9.17, 15) is 24.6 Å². The molecular weight excluding hydrogens is 384 g/mol. The van der Waals surface area contributed by atoms with Gasteiger partial charge in [0.1, 0.15) is 6.04 Å². The standard InChI is InChI=1S/C18H34N4O7/c1-14(23)11-19-3-4-20(12-16(24)25)5-6-21(13-17(26)27)8-10-22(9-7-19)15(2)18(28)29/h14-15,23H,3-13H2,1-2H3,(H,24,25)(H,26,27)(H,28,29). The molecule has 1 rings (SSSR count). The van der Waals surface area contributed by atoms with Crippen LogP contribution in [0.3, 0.4) is 0 Å². The van der Waals surface area contributed by atoms with Gasteiger partial charge >= 0.3 is 17.9 Å². The van der Waals surface area contributed by atoms with Gasteiger partial charge in [-0.3, -0.25) is 34.0 Å². The topological polar surface area (TPSA) is 145 Å². The molecule has 0 aromatic rings. The second-order valence-corrected chi connectivity index (χ2v) is 7.54. The molecule has 2 atom stereocenters. The first kappa shape index (κ1) is 25.2. The fourth-order valence-electron chi connectivity index (χ4n) is 3.35. The summed E-state index contributed by atoms with van der Waals surface area (Å²) in [7, 11) is 0. The van der Waals surface area contributed by atoms with E-state index in [1.807, 2.05) is 4.90 Å². The molecular formula is C18H34N4O7. The molecule has 0 aromatic heterocycles. The molecule has 29 heavy (non-hydrogen) atoms. The molecule has 168 valence electrons. The molecule has 0 bridgehead atoms. The van der Waals surface area contributed by atoms with Gasteiger partial charge in [0.25, 0.3) is 0 Å². The smallest absolute Gasteiger partial charge is 0.320 e. The Morgan fingerprint density at radius 1 is 0.724 bits per heavy atom. The Morgan fingerprint density at radius 3 is 1.48 bits per heavy atom. The van der Waals surface area contributed by atoms with Gasteiger partial charge in [-0.25, -0.2) is 0 Å². The van der Waals surface area contributed by atoms with E-state index in [1.54, 1.807) is 28.5 Å². The number of aliphatic hydroxyl groups excluding tert-OH is 1. The molecule has 11 heteroatoms. The Morgan fingerprint density at radius 2 is 1.10 bits per heavy atom. The number of carbonyl (C=O) groups is 3. The first-order valence-electron chi connectivity index (χ1n) is 9.84. The van der Waals surface area contributed by atoms with Crippen molar-refractivity contribution < 1.29 is 34.8 Å². The van der Waals surface area contributed by atoms with Crippen LogP contribution in [-0.2, 0) is 14.4 Å². The summed E-state index contributed by atoms with van der Waals surface area (Å²) in [6.45, 7) is 6.77. The van der Waals surface area contributed by atoms with Gasteiger partial charge < -0.3 is 20.4 Å². The Balaban J connectivity index is 2.97. The van der Waals surface area contributed by atoms with Crippen LogP contribution < -0.4 is 0 Å². The lowest BCUT2D eigenvalue weighted by atomic mass is 10.2. The van der Waals surface area contributed by atoms with Crippen molar-refractivity contribution in [3.63, 3.8) is 0 Å². The van der Waals surface area contributed by atoms with Crippen LogP contribution in [0.5, 0.6) is 0 Å². The molecule has 1 fully saturated rings. The van der Waals surface area contributed by atoms with E-state index in [0.29, 0.717) is 58.9 Å². The zero-order chi connectivity index (χ0) is 22.0. The van der Waals surface area contributed by atoms with Gasteiger partial charge in [0, 0.05) is 58.9 Å². The average Bonchev–Trinajstić information content (AvgIpc) is 2.59. The minimum Gasteiger partial charge on any atom is -0.480 e. The van der Waals surface area contributed by atoms with Crippen LogP contribution in [-0.4, -0.2) is 142 Å². The molecule has 1 saturated heterocycles. The van der Waals surface area contributed by atoms with Crippen LogP contribution in [0.1, 0.15) is 13.8 Å². The van der Waals surface area contributed by atoms with Crippen molar-refractivity contribution in [2.75, 3.05) is 72.0 Å². The normalized spacial score (nSPS) is 21.6. The third-order valence-electron chi connectivity index (χ3n) is 5.02. The number of nitrogens with zero attached hydrogens (tertiary/aromatic N) is 4. The number of aliphatic carboxylic acids is 3. The Labute approximate surface area is 171 Å². The van der Waals surface area contributed by atoms with E-state index in [-0.39, 0.29) is 13.1 Å². The summed E-state index contributed by atoms with van der Waals surface area (Å²) in [6, 6.07) is -0.721. The predicted molar refractivity (Wildman–Crippen MR) is 105 cm³/mol. The molecule has 11 nitrogen and oxygen atoms in total. The van der Waals surface area contributed by atoms with Crippen molar-refractivity contribution in [3.8, 4) is 0 Å². The third kappa shape index (κ3) is 10.5. The lowest BCUT2D eigenvalue weighted by Crippen LogP contribution is -2.51. The molecule has 2 unspecified atom stereocenters. The lowest BCUT2D eigenvalue weighted by Gasteiger charge is -2.35. The van der Waals surface area contributed by atoms with Gasteiger partial charge in [0.2, 0.25) is 0 Å². The predicted octanol–water partition coefficient (Wildman–Crippen LogP) is -1.77. The monoisotopic (exact) mass is 418 g/mol. The van der Waals surface area contributed by atoms with Crippen molar-refractivity contribution in [3.05, 3.63) is 0 Å². The SMILES string of the molecule is CC(O)CN1CCN(CC(=O)O)CCN(CC(=O)O)CCN(C(C)C(=O)O)CC1. The molecule has 1 heterocycles. The van der Waals surface area contributed by atoms with E-state index in [0.717, 1.165) is 0 Å². The highest BCUT2D eigenvalue weighted by molar-refractivity contribution is 5.72. The van der Waals surface area contributed by atoms with Crippen molar-refractivity contribution in [2.45, 2.75) is 26.0 Å². The number of rotatable bonds is 8. The summed E-state index contributed by atoms with van der Waals surface area (Å²) in [5, 5.41) is 37.5. The van der Waals surface area contributed by atoms with E-state index in [1.165, 1.54) is 0 Å². The highest BCUT2D eigenvalue weighted by Crippen LogP contribution is 2.05. The van der Waals surface area contributed by atoms with Gasteiger partial charge in [0.05, 0.1) is 19.2 Å². The van der Waals surface area contributed by atoms with Gasteiger partial charge in [-0.15, -0.1) is 0 Å². The number of hydrogen-bond donors (Lipinski definition) is 4. The molecule has 0 spiro atoms. The summed E-state index contributed by atoms with van der Waals surface area (Å²) < 4.78 is 0. The van der Waals surface area contributed by atoms with Gasteiger partial charge in [0.15, 0.2) is 0 Å². The number of hydrogen-bond acceptors (Lipinski definition) is 8. The number of β-amino-alcohol motifs (C(OH)–C–C–N with tert-alkyl or cyclic N) is 1. The minimum atomic E-state index is -0.983. The quantitative estimate of drug-likeness (QED) is 0.355. The number of carboxylic acids is 3. The average molecular weight is 418 g/mol. The maximum absolute atomic E-state index is 11.5. The third-order valence-corrected chi connectivity index (χ3v) is 5.02. The maximum Gasteiger partial charge on any atom is 0.320 e. The molecule has 0 saturated carbocycles. The van der Waals surface area contributed by atoms with Crippen LogP contribution >= 0.6 is 0 Å². The van der Waals surface area contributed by atoms with Gasteiger partial charge in [-0.05, 0) is 13.8 Å². The summed E-state index contributed by atoms with van der Waals surface area (Å²) in [5.41, 5.74) is 0. The highest BCUT2D eigenvalue weighted by Gasteiger charge is 2.24. The van der Waals surface area contributed by atoms with Gasteiger partial charge in [-0.1, -0.05) is 0 Å². The first-order valence-corrected chi connectivity index (χ1v) is 9.84. The van der Waals surface area contributed by atoms with Crippen LogP contribution in [0.15, 0.2) is 0 Å². The lowest BCUT2D eigenvalue weighted by molar-refractivity contribution is -0.143. The van der Waals surface area contributed by atoms with Crippen LogP contribution in [0.2, 0.25) is 0 Å². The van der Waals surface area contributed by atoms with Crippen LogP contribution in [0.4, 0.5) is 0 Å². The summed E-state index contributed by atoms with van der Waals surface area (Å²) in [6.07, 6.45) is -0.563. The highest BCUT2D eigenvalue weighted by atomic mass is 16.4. The van der Waals surface area contributed by atoms with Crippen LogP contribution in [0.25, 0.3) is 0 Å². The largest absolute Gasteiger partial charge is 0.480 e. The zero-order valence-electron chi connectivity index (χ0n) is 17.2. The molecule has 0 aromatic carbocycles. The number of carboxylic acid groups (broad SMARTS) is 3. The van der Waals surface area contributed by atoms with Crippen molar-refractivity contribution in [1.82, 2.24) is 19.6 Å². The maximum atomic E-state index is 11.5. The second kappa shape index (κ2) is 12.7. The summed E-state index contributed by atoms with van der Waals surface area (Å²) in [5.74, 6) is -2.88. The van der Waals surface area contributed by atoms with Crippen molar-refractivity contribution in [1.29, 1.82) is 0 Å². The molecule has 4 N–H and O–H groups in total. The van der Waals surface area contributed by atoms with Crippen LogP contribution in [0, 0.1) is 0 Å². The van der Waals surface area contributed by atoms with E-state index < -0.39 is 30.1 Å². The van der Waals surface area contributed by atoms with Crippen molar-refractivity contribution >= 4 is 17.9 Å². The fourth-order valence-corrected chi connectivity index (χ4v) is 3.35. The molecule has 0 aliphatic carbocycles. The Kier molecular flexibility index (Phi) is 11.1. The van der Waals surface area contributed by atoms with Crippen molar-refractivity contribution in [2.24, 2.45) is 0 Å². The van der Waals surface area contributed by atoms with Gasteiger partial charge in [-0.2, -0.15) is 0 Å². The Hall–Kier alpha value is -1.79. The van der Waals surface area contributed by atoms with E-state index >= 15 is 0 Å². The molecule has 1 aliphatic heterocycles. The zero-order valence-corrected chi connectivity index (χ0v) is 17.2. The summed E-state index contributed by atoms with van der Waals surface area (Å²) >= 11 is 0. The molecule has 0 amide bonds. The first-order chi connectivity index (χ1) is 13.6. The minimum absolute atomic E-state index is 0.147. The second-order valence-electron chi connectivity index (χ2n) is 7.54. The Bertz CT molecular complexity index is 546. The molecule has 0 radical (unpaired) electrons. The molecule has 1 aliphatic rings. The fraction of sp³-hybridized carbons (Fsp3) is 0.833. The number of aliphatic hydroxyl groups is 1. The summed E-state index contributed by atoms with van der Waals surface area (Å²) in [4.78, 5) is 41.1. The van der Waals surface area contributed by atoms with E-state index in [2.05, 4.69) is 0 Å².